The van der Waals surface area contributed by atoms with Crippen LogP contribution < -0.4 is 5.73 Å². The Morgan fingerprint density at radius 3 is 2.36 bits per heavy atom. The van der Waals surface area contributed by atoms with Crippen molar-refractivity contribution in [3.8, 4) is 0 Å². The molecule has 0 fully saturated rings. The first-order valence-corrected chi connectivity index (χ1v) is 6.61. The van der Waals surface area contributed by atoms with Gasteiger partial charge in [-0.05, 0) is 24.1 Å². The van der Waals surface area contributed by atoms with Crippen LogP contribution in [0, 0.1) is 0 Å². The lowest BCUT2D eigenvalue weighted by atomic mass is 10.1. The van der Waals surface area contributed by atoms with Crippen molar-refractivity contribution in [3.05, 3.63) is 66.0 Å². The molecule has 0 radical (unpaired) electrons. The van der Waals surface area contributed by atoms with Crippen molar-refractivity contribution in [2.24, 2.45) is 5.73 Å². The van der Waals surface area contributed by atoms with Gasteiger partial charge in [-0.25, -0.2) is 0 Å². The number of rotatable bonds is 5. The highest BCUT2D eigenvalue weighted by Gasteiger charge is 2.18. The molecular formula is C16H21Cl2N3O. The Morgan fingerprint density at radius 1 is 1.14 bits per heavy atom. The van der Waals surface area contributed by atoms with Crippen LogP contribution in [-0.4, -0.2) is 28.9 Å². The summed E-state index contributed by atoms with van der Waals surface area (Å²) in [6.45, 7) is 0.474. The topological polar surface area (TPSA) is 59.2 Å². The molecule has 2 rings (SSSR count). The normalized spacial score (nSPS) is 10.8. The minimum atomic E-state index is -0.522. The summed E-state index contributed by atoms with van der Waals surface area (Å²) in [5.41, 5.74) is 7.92. The second kappa shape index (κ2) is 10.2. The highest BCUT2D eigenvalue weighted by molar-refractivity contribution is 5.85. The molecule has 1 amide bonds. The summed E-state index contributed by atoms with van der Waals surface area (Å²) in [6, 6.07) is 14.9. The second-order valence-electron chi connectivity index (χ2n) is 4.81. The Kier molecular flexibility index (Phi) is 9.42. The number of hydrogen-bond donors (Lipinski definition) is 1. The van der Waals surface area contributed by atoms with Crippen LogP contribution in [0.15, 0.2) is 54.7 Å². The zero-order chi connectivity index (χ0) is 14.4. The molecule has 0 aliphatic rings. The molecule has 2 aromatic rings. The Balaban J connectivity index is 0.00000220. The van der Waals surface area contributed by atoms with E-state index in [1.54, 1.807) is 18.1 Å². The fraction of sp³-hybridized carbons (Fsp3) is 0.250. The van der Waals surface area contributed by atoms with Crippen molar-refractivity contribution in [2.45, 2.75) is 19.0 Å². The lowest BCUT2D eigenvalue weighted by molar-refractivity contribution is -0.131. The third-order valence-corrected chi connectivity index (χ3v) is 3.12. The molecule has 4 nitrogen and oxygen atoms in total. The van der Waals surface area contributed by atoms with Gasteiger partial charge in [0.25, 0.3) is 0 Å². The molecule has 6 heteroatoms. The first kappa shape index (κ1) is 20.4. The van der Waals surface area contributed by atoms with E-state index in [1.807, 2.05) is 48.5 Å². The van der Waals surface area contributed by atoms with Crippen molar-refractivity contribution >= 4 is 30.7 Å². The number of aromatic nitrogens is 1. The van der Waals surface area contributed by atoms with E-state index in [2.05, 4.69) is 4.98 Å². The molecule has 120 valence electrons. The Labute approximate surface area is 143 Å². The average Bonchev–Trinajstić information content (AvgIpc) is 2.48. The van der Waals surface area contributed by atoms with Crippen LogP contribution in [0.1, 0.15) is 11.3 Å². The van der Waals surface area contributed by atoms with Gasteiger partial charge in [0, 0.05) is 13.2 Å². The summed E-state index contributed by atoms with van der Waals surface area (Å²) >= 11 is 0. The highest BCUT2D eigenvalue weighted by Crippen LogP contribution is 2.06. The van der Waals surface area contributed by atoms with E-state index in [-0.39, 0.29) is 30.7 Å². The number of benzene rings is 1. The second-order valence-corrected chi connectivity index (χ2v) is 4.81. The van der Waals surface area contributed by atoms with E-state index in [1.165, 1.54) is 0 Å². The summed E-state index contributed by atoms with van der Waals surface area (Å²) in [6.07, 6.45) is 2.27. The van der Waals surface area contributed by atoms with Gasteiger partial charge in [-0.3, -0.25) is 9.78 Å². The van der Waals surface area contributed by atoms with E-state index < -0.39 is 6.04 Å². The summed E-state index contributed by atoms with van der Waals surface area (Å²) in [5, 5.41) is 0. The quantitative estimate of drug-likeness (QED) is 0.908. The molecule has 0 saturated carbocycles. The number of likely N-dealkylation sites (N-methyl/N-ethyl adjacent to an activating group) is 1. The molecule has 0 saturated heterocycles. The maximum atomic E-state index is 12.2. The fourth-order valence-electron chi connectivity index (χ4n) is 2.05. The van der Waals surface area contributed by atoms with Crippen LogP contribution in [0.2, 0.25) is 0 Å². The third kappa shape index (κ3) is 6.02. The monoisotopic (exact) mass is 341 g/mol. The number of carbonyl (C=O) groups is 1. The van der Waals surface area contributed by atoms with Gasteiger partial charge in [0.05, 0.1) is 18.3 Å². The highest BCUT2D eigenvalue weighted by atomic mass is 35.5. The maximum Gasteiger partial charge on any atom is 0.239 e. The van der Waals surface area contributed by atoms with Gasteiger partial charge in [0.2, 0.25) is 5.91 Å². The molecule has 1 aromatic carbocycles. The summed E-state index contributed by atoms with van der Waals surface area (Å²) < 4.78 is 0. The molecule has 0 bridgehead atoms. The van der Waals surface area contributed by atoms with Gasteiger partial charge in [0.1, 0.15) is 0 Å². The number of nitrogens with two attached hydrogens (primary N) is 1. The number of hydrogen-bond acceptors (Lipinski definition) is 3. The molecule has 22 heavy (non-hydrogen) atoms. The van der Waals surface area contributed by atoms with Gasteiger partial charge in [-0.1, -0.05) is 36.4 Å². The molecule has 1 aromatic heterocycles. The fourth-order valence-corrected chi connectivity index (χ4v) is 2.05. The zero-order valence-electron chi connectivity index (χ0n) is 12.4. The first-order valence-electron chi connectivity index (χ1n) is 6.61. The van der Waals surface area contributed by atoms with E-state index in [0.29, 0.717) is 13.0 Å². The predicted octanol–water partition coefficient (Wildman–Crippen LogP) is 2.45. The van der Waals surface area contributed by atoms with Crippen molar-refractivity contribution in [3.63, 3.8) is 0 Å². The van der Waals surface area contributed by atoms with Crippen molar-refractivity contribution in [2.75, 3.05) is 7.05 Å². The van der Waals surface area contributed by atoms with Crippen LogP contribution in [0.5, 0.6) is 0 Å². The van der Waals surface area contributed by atoms with Gasteiger partial charge >= 0.3 is 0 Å². The van der Waals surface area contributed by atoms with Crippen LogP contribution >= 0.6 is 24.8 Å². The molecule has 1 heterocycles. The predicted molar refractivity (Wildman–Crippen MR) is 93.3 cm³/mol. The van der Waals surface area contributed by atoms with Crippen LogP contribution in [0.3, 0.4) is 0 Å². The number of carbonyl (C=O) groups excluding carboxylic acids is 1. The molecular weight excluding hydrogens is 321 g/mol. The maximum absolute atomic E-state index is 12.2. The lowest BCUT2D eigenvalue weighted by Crippen LogP contribution is -2.42. The molecule has 0 aliphatic carbocycles. The van der Waals surface area contributed by atoms with Crippen molar-refractivity contribution in [1.82, 2.24) is 9.88 Å². The van der Waals surface area contributed by atoms with Gasteiger partial charge in [-0.15, -0.1) is 24.8 Å². The molecule has 1 unspecified atom stereocenters. The molecule has 0 spiro atoms. The van der Waals surface area contributed by atoms with Crippen molar-refractivity contribution < 1.29 is 4.79 Å². The Morgan fingerprint density at radius 2 is 1.77 bits per heavy atom. The SMILES string of the molecule is CN(Cc1ccccn1)C(=O)C(N)Cc1ccccc1.Cl.Cl. The van der Waals surface area contributed by atoms with Gasteiger partial charge in [-0.2, -0.15) is 0 Å². The Hall–Kier alpha value is -1.62. The minimum Gasteiger partial charge on any atom is -0.338 e. The van der Waals surface area contributed by atoms with Crippen LogP contribution in [-0.2, 0) is 17.8 Å². The van der Waals surface area contributed by atoms with E-state index >= 15 is 0 Å². The van der Waals surface area contributed by atoms with E-state index in [9.17, 15) is 4.79 Å². The standard InChI is InChI=1S/C16H19N3O.2ClH/c1-19(12-14-9-5-6-10-18-14)16(20)15(17)11-13-7-3-2-4-8-13;;/h2-10,15H,11-12,17H2,1H3;2*1H. The third-order valence-electron chi connectivity index (χ3n) is 3.12. The number of amides is 1. The number of nitrogens with zero attached hydrogens (tertiary/aromatic N) is 2. The van der Waals surface area contributed by atoms with Crippen molar-refractivity contribution in [1.29, 1.82) is 0 Å². The zero-order valence-corrected chi connectivity index (χ0v) is 14.0. The first-order chi connectivity index (χ1) is 9.66. The van der Waals surface area contributed by atoms with Crippen LogP contribution in [0.4, 0.5) is 0 Å². The van der Waals surface area contributed by atoms with Crippen LogP contribution in [0.25, 0.3) is 0 Å². The van der Waals surface area contributed by atoms with E-state index in [4.69, 9.17) is 5.73 Å². The number of halogens is 2. The summed E-state index contributed by atoms with van der Waals surface area (Å²) in [4.78, 5) is 18.1. The lowest BCUT2D eigenvalue weighted by Gasteiger charge is -2.21. The molecule has 0 aliphatic heterocycles. The Bertz CT molecular complexity index is 502. The smallest absolute Gasteiger partial charge is 0.239 e. The molecule has 2 N–H and O–H groups in total. The number of pyridine rings is 1. The largest absolute Gasteiger partial charge is 0.338 e. The minimum absolute atomic E-state index is 0. The van der Waals surface area contributed by atoms with Gasteiger partial charge < -0.3 is 10.6 Å². The average molecular weight is 342 g/mol. The van der Waals surface area contributed by atoms with Gasteiger partial charge in [0.15, 0.2) is 0 Å². The van der Waals surface area contributed by atoms with E-state index in [0.717, 1.165) is 11.3 Å². The summed E-state index contributed by atoms with van der Waals surface area (Å²) in [5.74, 6) is -0.0699. The summed E-state index contributed by atoms with van der Waals surface area (Å²) in [7, 11) is 1.75. The molecule has 1 atom stereocenters.